The maximum atomic E-state index is 11.8. The minimum Gasteiger partial charge on any atom is -0.481 e. The number of nitrogens with one attached hydrogen (secondary N) is 1. The number of hydrogen-bond acceptors (Lipinski definition) is 4. The van der Waals surface area contributed by atoms with E-state index in [1.54, 1.807) is 20.2 Å². The second kappa shape index (κ2) is 7.08. The smallest absolute Gasteiger partial charge is 0.323 e. The summed E-state index contributed by atoms with van der Waals surface area (Å²) in [5, 5.41) is 12.0. The molecule has 0 radical (unpaired) electrons. The molecule has 6 nitrogen and oxygen atoms in total. The summed E-state index contributed by atoms with van der Waals surface area (Å²) in [6, 6.07) is -0.342. The van der Waals surface area contributed by atoms with E-state index in [-0.39, 0.29) is 12.6 Å². The van der Waals surface area contributed by atoms with Gasteiger partial charge in [0, 0.05) is 24.7 Å². The molecule has 106 valence electrons. The third-order valence-corrected chi connectivity index (χ3v) is 3.55. The van der Waals surface area contributed by atoms with Gasteiger partial charge in [0.15, 0.2) is 5.13 Å². The summed E-state index contributed by atoms with van der Waals surface area (Å²) in [5.74, 6) is -1.51. The molecule has 0 fully saturated rings. The Kier molecular flexibility index (Phi) is 5.75. The lowest BCUT2D eigenvalue weighted by molar-refractivity contribution is -0.141. The van der Waals surface area contributed by atoms with Gasteiger partial charge in [-0.15, -0.1) is 11.3 Å². The summed E-state index contributed by atoms with van der Waals surface area (Å²) in [7, 11) is 1.56. The van der Waals surface area contributed by atoms with Crippen molar-refractivity contribution in [2.75, 3.05) is 18.9 Å². The number of aliphatic carboxylic acids is 1. The number of carboxylic acids is 1. The van der Waals surface area contributed by atoms with Gasteiger partial charge in [-0.1, -0.05) is 20.3 Å². The van der Waals surface area contributed by atoms with Gasteiger partial charge in [0.2, 0.25) is 0 Å². The zero-order chi connectivity index (χ0) is 14.4. The van der Waals surface area contributed by atoms with Gasteiger partial charge in [0.05, 0.1) is 5.92 Å². The van der Waals surface area contributed by atoms with Crippen molar-refractivity contribution in [2.45, 2.75) is 26.7 Å². The Hall–Kier alpha value is -1.63. The van der Waals surface area contributed by atoms with Crippen molar-refractivity contribution >= 4 is 28.5 Å². The van der Waals surface area contributed by atoms with E-state index >= 15 is 0 Å². The quantitative estimate of drug-likeness (QED) is 0.840. The molecule has 2 amide bonds. The number of rotatable bonds is 6. The van der Waals surface area contributed by atoms with Crippen LogP contribution in [0.3, 0.4) is 0 Å². The number of carbonyl (C=O) groups is 2. The zero-order valence-corrected chi connectivity index (χ0v) is 12.2. The lowest BCUT2D eigenvalue weighted by Crippen LogP contribution is -2.36. The highest BCUT2D eigenvalue weighted by Crippen LogP contribution is 2.19. The first kappa shape index (κ1) is 15.4. The Labute approximate surface area is 116 Å². The highest BCUT2D eigenvalue weighted by molar-refractivity contribution is 7.15. The highest BCUT2D eigenvalue weighted by atomic mass is 32.1. The molecule has 7 heteroatoms. The Balaban J connectivity index is 2.51. The van der Waals surface area contributed by atoms with Crippen molar-refractivity contribution in [3.63, 3.8) is 0 Å². The average Bonchev–Trinajstić information content (AvgIpc) is 2.76. The van der Waals surface area contributed by atoms with Crippen LogP contribution in [0.4, 0.5) is 9.93 Å². The molecular formula is C12H19N3O3S. The third-order valence-electron chi connectivity index (χ3n) is 2.58. The van der Waals surface area contributed by atoms with E-state index in [1.165, 1.54) is 16.2 Å². The van der Waals surface area contributed by atoms with E-state index < -0.39 is 11.9 Å². The summed E-state index contributed by atoms with van der Waals surface area (Å²) in [6.07, 6.45) is 3.73. The predicted molar refractivity (Wildman–Crippen MR) is 74.6 cm³/mol. The van der Waals surface area contributed by atoms with Crippen molar-refractivity contribution in [1.29, 1.82) is 0 Å². The van der Waals surface area contributed by atoms with Crippen LogP contribution in [-0.2, 0) is 11.2 Å². The third kappa shape index (κ3) is 4.86. The van der Waals surface area contributed by atoms with Crippen molar-refractivity contribution in [3.05, 3.63) is 11.1 Å². The van der Waals surface area contributed by atoms with Crippen LogP contribution in [0.2, 0.25) is 0 Å². The van der Waals surface area contributed by atoms with E-state index in [0.717, 1.165) is 17.7 Å². The maximum Gasteiger partial charge on any atom is 0.323 e. The van der Waals surface area contributed by atoms with Crippen LogP contribution in [0.1, 0.15) is 25.1 Å². The number of aromatic nitrogens is 1. The van der Waals surface area contributed by atoms with Crippen LogP contribution >= 0.6 is 11.3 Å². The van der Waals surface area contributed by atoms with Gasteiger partial charge in [0.1, 0.15) is 0 Å². The first-order valence-electron chi connectivity index (χ1n) is 6.13. The summed E-state index contributed by atoms with van der Waals surface area (Å²) in [6.45, 7) is 3.81. The number of carboxylic acid groups (broad SMARTS) is 1. The Morgan fingerprint density at radius 2 is 2.26 bits per heavy atom. The second-order valence-electron chi connectivity index (χ2n) is 4.43. The van der Waals surface area contributed by atoms with Gasteiger partial charge in [-0.2, -0.15) is 0 Å². The van der Waals surface area contributed by atoms with Gasteiger partial charge in [-0.3, -0.25) is 10.1 Å². The average molecular weight is 285 g/mol. The number of amides is 2. The molecule has 0 saturated heterocycles. The number of anilines is 1. The molecule has 1 rings (SSSR count). The number of carbonyl (C=O) groups excluding carboxylic acids is 1. The minimum absolute atomic E-state index is 0.161. The molecule has 0 spiro atoms. The fraction of sp³-hybridized carbons (Fsp3) is 0.583. The maximum absolute atomic E-state index is 11.8. The molecule has 1 aromatic heterocycles. The second-order valence-corrected chi connectivity index (χ2v) is 5.55. The van der Waals surface area contributed by atoms with Gasteiger partial charge in [0.25, 0.3) is 0 Å². The Morgan fingerprint density at radius 3 is 2.84 bits per heavy atom. The number of thiazole rings is 1. The number of urea groups is 1. The largest absolute Gasteiger partial charge is 0.481 e. The molecule has 0 aliphatic heterocycles. The fourth-order valence-corrected chi connectivity index (χ4v) is 2.39. The molecular weight excluding hydrogens is 266 g/mol. The highest BCUT2D eigenvalue weighted by Gasteiger charge is 2.18. The lowest BCUT2D eigenvalue weighted by atomic mass is 10.2. The van der Waals surface area contributed by atoms with Crippen LogP contribution in [0.25, 0.3) is 0 Å². The van der Waals surface area contributed by atoms with Crippen molar-refractivity contribution in [1.82, 2.24) is 9.88 Å². The van der Waals surface area contributed by atoms with E-state index in [9.17, 15) is 9.59 Å². The summed E-state index contributed by atoms with van der Waals surface area (Å²) in [4.78, 5) is 29.1. The van der Waals surface area contributed by atoms with Crippen LogP contribution in [0, 0.1) is 5.92 Å². The normalized spacial score (nSPS) is 11.9. The lowest BCUT2D eigenvalue weighted by Gasteiger charge is -2.19. The molecule has 0 bridgehead atoms. The Morgan fingerprint density at radius 1 is 1.58 bits per heavy atom. The van der Waals surface area contributed by atoms with Gasteiger partial charge in [-0.05, 0) is 6.42 Å². The molecule has 0 aliphatic carbocycles. The fourth-order valence-electron chi connectivity index (χ4n) is 1.49. The SMILES string of the molecule is CCCc1cnc(NC(=O)N(C)CC(C)C(=O)O)s1. The first-order valence-corrected chi connectivity index (χ1v) is 6.95. The standard InChI is InChI=1S/C12H19N3O3S/c1-4-5-9-6-13-11(19-9)14-12(18)15(3)7-8(2)10(16)17/h6,8H,4-5,7H2,1-3H3,(H,16,17)(H,13,14,18). The monoisotopic (exact) mass is 285 g/mol. The van der Waals surface area contributed by atoms with Crippen LogP contribution in [0.5, 0.6) is 0 Å². The van der Waals surface area contributed by atoms with Gasteiger partial charge < -0.3 is 10.0 Å². The Bertz CT molecular complexity index is 447. The molecule has 19 heavy (non-hydrogen) atoms. The minimum atomic E-state index is -0.917. The molecule has 1 heterocycles. The van der Waals surface area contributed by atoms with Crippen LogP contribution in [0.15, 0.2) is 6.20 Å². The molecule has 0 saturated carbocycles. The molecule has 1 atom stereocenters. The molecule has 2 N–H and O–H groups in total. The molecule has 1 unspecified atom stereocenters. The van der Waals surface area contributed by atoms with Crippen molar-refractivity contribution in [3.8, 4) is 0 Å². The van der Waals surface area contributed by atoms with Crippen molar-refractivity contribution < 1.29 is 14.7 Å². The van der Waals surface area contributed by atoms with E-state index in [1.807, 2.05) is 0 Å². The molecule has 0 aliphatic rings. The van der Waals surface area contributed by atoms with Crippen LogP contribution < -0.4 is 5.32 Å². The van der Waals surface area contributed by atoms with E-state index in [4.69, 9.17) is 5.11 Å². The van der Waals surface area contributed by atoms with E-state index in [2.05, 4.69) is 17.2 Å². The number of aryl methyl sites for hydroxylation is 1. The number of hydrogen-bond donors (Lipinski definition) is 2. The molecule has 1 aromatic rings. The topological polar surface area (TPSA) is 82.5 Å². The molecule has 0 aromatic carbocycles. The van der Waals surface area contributed by atoms with Crippen LogP contribution in [-0.4, -0.2) is 40.6 Å². The summed E-state index contributed by atoms with van der Waals surface area (Å²) in [5.41, 5.74) is 0. The predicted octanol–water partition coefficient (Wildman–Crippen LogP) is 2.28. The van der Waals surface area contributed by atoms with Gasteiger partial charge >= 0.3 is 12.0 Å². The number of nitrogens with zero attached hydrogens (tertiary/aromatic N) is 2. The zero-order valence-electron chi connectivity index (χ0n) is 11.3. The van der Waals surface area contributed by atoms with Crippen molar-refractivity contribution in [2.24, 2.45) is 5.92 Å². The summed E-state index contributed by atoms with van der Waals surface area (Å²) >= 11 is 1.44. The van der Waals surface area contributed by atoms with Gasteiger partial charge in [-0.25, -0.2) is 9.78 Å². The first-order chi connectivity index (χ1) is 8.93. The van der Waals surface area contributed by atoms with E-state index in [0.29, 0.717) is 5.13 Å². The summed E-state index contributed by atoms with van der Waals surface area (Å²) < 4.78 is 0.